The van der Waals surface area contributed by atoms with Crippen LogP contribution < -0.4 is 10.0 Å². The summed E-state index contributed by atoms with van der Waals surface area (Å²) >= 11 is 0. The summed E-state index contributed by atoms with van der Waals surface area (Å²) in [5.41, 5.74) is -0.293. The Kier molecular flexibility index (Phi) is 3.27. The molecule has 1 aromatic carbocycles. The van der Waals surface area contributed by atoms with Gasteiger partial charge in [-0.25, -0.2) is 13.2 Å². The van der Waals surface area contributed by atoms with E-state index in [1.165, 1.54) is 6.07 Å². The molecule has 0 amide bonds. The Labute approximate surface area is 112 Å². The lowest BCUT2D eigenvalue weighted by atomic mass is 10.2. The van der Waals surface area contributed by atoms with Gasteiger partial charge >= 0.3 is 5.97 Å². The number of esters is 1. The molecule has 0 fully saturated rings. The maximum Gasteiger partial charge on any atom is 0.345 e. The molecule has 104 valence electrons. The third kappa shape index (κ3) is 3.05. The van der Waals surface area contributed by atoms with E-state index >= 15 is 0 Å². The predicted molar refractivity (Wildman–Crippen MR) is 70.0 cm³/mol. The predicted octanol–water partition coefficient (Wildman–Crippen LogP) is 1.06. The molecule has 0 aliphatic carbocycles. The zero-order valence-electron chi connectivity index (χ0n) is 10.9. The molecule has 1 atom stereocenters. The first-order valence-electron chi connectivity index (χ1n) is 5.80. The molecule has 0 spiro atoms. The quantitative estimate of drug-likeness (QED) is 0.753. The first-order valence-corrected chi connectivity index (χ1v) is 7.28. The number of hydrogen-bond acceptors (Lipinski definition) is 5. The van der Waals surface area contributed by atoms with Gasteiger partial charge in [0, 0.05) is 0 Å². The zero-order valence-corrected chi connectivity index (χ0v) is 11.7. The monoisotopic (exact) mass is 284 g/mol. The normalized spacial score (nSPS) is 21.1. The van der Waals surface area contributed by atoms with E-state index in [1.807, 2.05) is 0 Å². The fourth-order valence-electron chi connectivity index (χ4n) is 1.69. The second kappa shape index (κ2) is 4.50. The Bertz CT molecular complexity index is 604. The van der Waals surface area contributed by atoms with Gasteiger partial charge in [0.05, 0.1) is 5.69 Å². The molecule has 2 N–H and O–H groups in total. The molecule has 1 heterocycles. The van der Waals surface area contributed by atoms with Crippen LogP contribution in [0.25, 0.3) is 0 Å². The van der Waals surface area contributed by atoms with E-state index in [0.29, 0.717) is 5.69 Å². The highest BCUT2D eigenvalue weighted by atomic mass is 32.2. The molecule has 2 rings (SSSR count). The SMILES string of the molecule is CC(C)(C)OC(=O)C1Nc2ccccc2S(=O)(=O)N1. The van der Waals surface area contributed by atoms with Crippen molar-refractivity contribution in [2.45, 2.75) is 37.4 Å². The third-order valence-electron chi connectivity index (χ3n) is 2.39. The lowest BCUT2D eigenvalue weighted by Gasteiger charge is -2.29. The molecule has 7 heteroatoms. The second-order valence-corrected chi connectivity index (χ2v) is 6.91. The van der Waals surface area contributed by atoms with Crippen LogP contribution in [0.2, 0.25) is 0 Å². The van der Waals surface area contributed by atoms with Crippen molar-refractivity contribution >= 4 is 21.7 Å². The van der Waals surface area contributed by atoms with Gasteiger partial charge in [-0.1, -0.05) is 12.1 Å². The number of para-hydroxylation sites is 1. The van der Waals surface area contributed by atoms with E-state index in [1.54, 1.807) is 39.0 Å². The van der Waals surface area contributed by atoms with E-state index in [-0.39, 0.29) is 4.90 Å². The molecule has 0 saturated carbocycles. The number of ether oxygens (including phenoxy) is 1. The Hall–Kier alpha value is -1.60. The van der Waals surface area contributed by atoms with Crippen molar-refractivity contribution in [2.24, 2.45) is 0 Å². The summed E-state index contributed by atoms with van der Waals surface area (Å²) in [6, 6.07) is 6.38. The Morgan fingerprint density at radius 1 is 1.26 bits per heavy atom. The maximum atomic E-state index is 12.0. The molecular formula is C12H16N2O4S. The summed E-state index contributed by atoms with van der Waals surface area (Å²) < 4.78 is 31.4. The van der Waals surface area contributed by atoms with Crippen molar-refractivity contribution in [1.82, 2.24) is 4.72 Å². The largest absolute Gasteiger partial charge is 0.457 e. The molecule has 1 aliphatic heterocycles. The first-order chi connectivity index (χ1) is 8.69. The molecule has 1 aliphatic rings. The fraction of sp³-hybridized carbons (Fsp3) is 0.417. The fourth-order valence-corrected chi connectivity index (χ4v) is 2.96. The summed E-state index contributed by atoms with van der Waals surface area (Å²) in [5.74, 6) is -0.662. The number of carbonyl (C=O) groups is 1. The van der Waals surface area contributed by atoms with Crippen molar-refractivity contribution in [3.05, 3.63) is 24.3 Å². The maximum absolute atomic E-state index is 12.0. The summed E-state index contributed by atoms with van der Waals surface area (Å²) in [6.45, 7) is 5.16. The molecule has 1 unspecified atom stereocenters. The molecule has 0 bridgehead atoms. The summed E-state index contributed by atoms with van der Waals surface area (Å²) in [6.07, 6.45) is -1.11. The Morgan fingerprint density at radius 3 is 2.53 bits per heavy atom. The number of sulfonamides is 1. The standard InChI is InChI=1S/C12H16N2O4S/c1-12(2,3)18-11(15)10-13-8-6-4-5-7-9(8)19(16,17)14-10/h4-7,10,13-14H,1-3H3. The van der Waals surface area contributed by atoms with Crippen LogP contribution in [0.4, 0.5) is 5.69 Å². The van der Waals surface area contributed by atoms with Crippen molar-refractivity contribution in [2.75, 3.05) is 5.32 Å². The lowest BCUT2D eigenvalue weighted by Crippen LogP contribution is -2.51. The molecule has 1 aromatic rings. The van der Waals surface area contributed by atoms with Gasteiger partial charge in [-0.2, -0.15) is 4.72 Å². The van der Waals surface area contributed by atoms with Gasteiger partial charge in [0.1, 0.15) is 10.5 Å². The number of anilines is 1. The van der Waals surface area contributed by atoms with E-state index in [9.17, 15) is 13.2 Å². The van der Waals surface area contributed by atoms with Crippen LogP contribution in [-0.2, 0) is 19.6 Å². The van der Waals surface area contributed by atoms with E-state index in [0.717, 1.165) is 0 Å². The minimum Gasteiger partial charge on any atom is -0.457 e. The molecule has 6 nitrogen and oxygen atoms in total. The summed E-state index contributed by atoms with van der Waals surface area (Å²) in [4.78, 5) is 12.0. The average molecular weight is 284 g/mol. The molecular weight excluding hydrogens is 268 g/mol. The number of fused-ring (bicyclic) bond motifs is 1. The van der Waals surface area contributed by atoms with E-state index < -0.39 is 27.8 Å². The van der Waals surface area contributed by atoms with E-state index in [4.69, 9.17) is 4.74 Å². The lowest BCUT2D eigenvalue weighted by molar-refractivity contribution is -0.156. The number of benzene rings is 1. The van der Waals surface area contributed by atoms with Crippen molar-refractivity contribution < 1.29 is 17.9 Å². The molecule has 0 radical (unpaired) electrons. The van der Waals surface area contributed by atoms with Gasteiger partial charge in [0.2, 0.25) is 10.0 Å². The number of hydrogen-bond donors (Lipinski definition) is 2. The minimum absolute atomic E-state index is 0.120. The van der Waals surface area contributed by atoms with Crippen LogP contribution >= 0.6 is 0 Å². The van der Waals surface area contributed by atoms with Gasteiger partial charge in [-0.3, -0.25) is 0 Å². The Balaban J connectivity index is 2.28. The molecule has 0 saturated heterocycles. The van der Waals surface area contributed by atoms with Crippen molar-refractivity contribution in [1.29, 1.82) is 0 Å². The van der Waals surface area contributed by atoms with Crippen LogP contribution in [0.15, 0.2) is 29.2 Å². The van der Waals surface area contributed by atoms with Gasteiger partial charge in [-0.15, -0.1) is 0 Å². The summed E-state index contributed by atoms with van der Waals surface area (Å²) in [7, 11) is -3.71. The molecule has 19 heavy (non-hydrogen) atoms. The first kappa shape index (κ1) is 13.8. The Morgan fingerprint density at radius 2 is 1.89 bits per heavy atom. The highest BCUT2D eigenvalue weighted by Crippen LogP contribution is 2.25. The van der Waals surface area contributed by atoms with Gasteiger partial charge in [-0.05, 0) is 32.9 Å². The van der Waals surface area contributed by atoms with Crippen molar-refractivity contribution in [3.8, 4) is 0 Å². The van der Waals surface area contributed by atoms with Crippen LogP contribution in [0.3, 0.4) is 0 Å². The van der Waals surface area contributed by atoms with E-state index in [2.05, 4.69) is 10.0 Å². The topological polar surface area (TPSA) is 84.5 Å². The highest BCUT2D eigenvalue weighted by Gasteiger charge is 2.35. The summed E-state index contributed by atoms with van der Waals surface area (Å²) in [5, 5.41) is 2.81. The third-order valence-corrected chi connectivity index (χ3v) is 3.87. The molecule has 0 aromatic heterocycles. The minimum atomic E-state index is -3.71. The van der Waals surface area contributed by atoms with Crippen LogP contribution in [0.1, 0.15) is 20.8 Å². The number of carbonyl (C=O) groups excluding carboxylic acids is 1. The second-order valence-electron chi connectivity index (χ2n) is 5.23. The highest BCUT2D eigenvalue weighted by molar-refractivity contribution is 7.89. The van der Waals surface area contributed by atoms with Crippen molar-refractivity contribution in [3.63, 3.8) is 0 Å². The van der Waals surface area contributed by atoms with Gasteiger partial charge in [0.25, 0.3) is 0 Å². The van der Waals surface area contributed by atoms with Gasteiger partial charge in [0.15, 0.2) is 6.17 Å². The number of nitrogens with one attached hydrogen (secondary N) is 2. The smallest absolute Gasteiger partial charge is 0.345 e. The van der Waals surface area contributed by atoms with Crippen LogP contribution in [-0.4, -0.2) is 26.2 Å². The van der Waals surface area contributed by atoms with Crippen LogP contribution in [0, 0.1) is 0 Å². The average Bonchev–Trinajstić information content (AvgIpc) is 2.25. The van der Waals surface area contributed by atoms with Crippen LogP contribution in [0.5, 0.6) is 0 Å². The number of rotatable bonds is 1. The van der Waals surface area contributed by atoms with Gasteiger partial charge < -0.3 is 10.1 Å². The zero-order chi connectivity index (χ0) is 14.3.